The van der Waals surface area contributed by atoms with E-state index in [0.717, 1.165) is 32.3 Å². The van der Waals surface area contributed by atoms with Gasteiger partial charge in [0.1, 0.15) is 0 Å². The van der Waals surface area contributed by atoms with Gasteiger partial charge in [0.25, 0.3) is 0 Å². The van der Waals surface area contributed by atoms with Gasteiger partial charge in [-0.3, -0.25) is 0 Å². The Bertz CT molecular complexity index is 541. The first-order chi connectivity index (χ1) is 8.61. The molecule has 1 atom stereocenters. The molecular weight excluding hydrogens is 407 g/mol. The standard InChI is InChI=1S/C12H14BrIN4/c1-2-3-11(15)12-7-18(17-16-12)8-4-5-9(13)10(14)6-8/h4-7,11H,2-3,15H2,1H3. The predicted molar refractivity (Wildman–Crippen MR) is 83.6 cm³/mol. The van der Waals surface area contributed by atoms with Gasteiger partial charge in [0, 0.05) is 8.04 Å². The van der Waals surface area contributed by atoms with Crippen molar-refractivity contribution in [1.82, 2.24) is 15.0 Å². The first-order valence-electron chi connectivity index (χ1n) is 5.75. The molecule has 0 saturated heterocycles. The molecule has 96 valence electrons. The third-order valence-electron chi connectivity index (χ3n) is 2.66. The van der Waals surface area contributed by atoms with E-state index >= 15 is 0 Å². The lowest BCUT2D eigenvalue weighted by Gasteiger charge is -2.05. The molecule has 0 bridgehead atoms. The molecule has 2 aromatic rings. The highest BCUT2D eigenvalue weighted by atomic mass is 127. The summed E-state index contributed by atoms with van der Waals surface area (Å²) in [7, 11) is 0. The number of aromatic nitrogens is 3. The SMILES string of the molecule is CCCC(N)c1cn(-c2ccc(Br)c(I)c2)nn1. The zero-order valence-electron chi connectivity index (χ0n) is 9.98. The maximum atomic E-state index is 6.03. The molecule has 1 aromatic carbocycles. The Morgan fingerprint density at radius 3 is 2.94 bits per heavy atom. The summed E-state index contributed by atoms with van der Waals surface area (Å²) in [5.41, 5.74) is 7.86. The van der Waals surface area contributed by atoms with E-state index in [0.29, 0.717) is 0 Å². The molecule has 4 nitrogen and oxygen atoms in total. The zero-order valence-corrected chi connectivity index (χ0v) is 13.7. The van der Waals surface area contributed by atoms with Crippen LogP contribution in [0.4, 0.5) is 0 Å². The van der Waals surface area contributed by atoms with Crippen LogP contribution in [-0.2, 0) is 0 Å². The minimum Gasteiger partial charge on any atom is -0.323 e. The first-order valence-corrected chi connectivity index (χ1v) is 7.62. The van der Waals surface area contributed by atoms with E-state index in [1.165, 1.54) is 0 Å². The van der Waals surface area contributed by atoms with Crippen LogP contribution in [0.3, 0.4) is 0 Å². The van der Waals surface area contributed by atoms with Gasteiger partial charge in [-0.15, -0.1) is 5.10 Å². The van der Waals surface area contributed by atoms with Crippen molar-refractivity contribution in [3.05, 3.63) is 38.1 Å². The van der Waals surface area contributed by atoms with E-state index in [9.17, 15) is 0 Å². The molecule has 0 radical (unpaired) electrons. The van der Waals surface area contributed by atoms with Gasteiger partial charge in [0.15, 0.2) is 0 Å². The molecule has 2 N–H and O–H groups in total. The van der Waals surface area contributed by atoms with Crippen LogP contribution in [0.15, 0.2) is 28.9 Å². The molecule has 1 aromatic heterocycles. The Kier molecular flexibility index (Phi) is 4.74. The number of halogens is 2. The van der Waals surface area contributed by atoms with E-state index in [2.05, 4.69) is 61.8 Å². The monoisotopic (exact) mass is 420 g/mol. The smallest absolute Gasteiger partial charge is 0.0998 e. The highest BCUT2D eigenvalue weighted by molar-refractivity contribution is 14.1. The number of hydrogen-bond donors (Lipinski definition) is 1. The molecule has 1 heterocycles. The Hall–Kier alpha value is -0.470. The summed E-state index contributed by atoms with van der Waals surface area (Å²) >= 11 is 5.76. The fourth-order valence-corrected chi connectivity index (χ4v) is 2.40. The van der Waals surface area contributed by atoms with Crippen molar-refractivity contribution in [2.24, 2.45) is 5.73 Å². The normalized spacial score (nSPS) is 12.7. The predicted octanol–water partition coefficient (Wildman–Crippen LogP) is 3.43. The Labute approximate surface area is 128 Å². The molecule has 0 aliphatic heterocycles. The van der Waals surface area contributed by atoms with E-state index in [1.807, 2.05) is 18.3 Å². The van der Waals surface area contributed by atoms with Crippen LogP contribution in [0, 0.1) is 3.57 Å². The maximum Gasteiger partial charge on any atom is 0.0998 e. The molecule has 0 saturated carbocycles. The van der Waals surface area contributed by atoms with Crippen LogP contribution in [0.2, 0.25) is 0 Å². The van der Waals surface area contributed by atoms with Crippen LogP contribution < -0.4 is 5.73 Å². The Balaban J connectivity index is 2.26. The van der Waals surface area contributed by atoms with Gasteiger partial charge in [0.05, 0.1) is 23.6 Å². The summed E-state index contributed by atoms with van der Waals surface area (Å²) in [4.78, 5) is 0. The van der Waals surface area contributed by atoms with Crippen molar-refractivity contribution in [3.8, 4) is 5.69 Å². The summed E-state index contributed by atoms with van der Waals surface area (Å²) in [6.07, 6.45) is 3.88. The largest absolute Gasteiger partial charge is 0.323 e. The van der Waals surface area contributed by atoms with Crippen molar-refractivity contribution < 1.29 is 0 Å². The molecule has 0 aliphatic carbocycles. The summed E-state index contributed by atoms with van der Waals surface area (Å²) in [6.45, 7) is 2.11. The van der Waals surface area contributed by atoms with Gasteiger partial charge in [-0.05, 0) is 63.1 Å². The van der Waals surface area contributed by atoms with E-state index < -0.39 is 0 Å². The van der Waals surface area contributed by atoms with Crippen LogP contribution in [0.5, 0.6) is 0 Å². The van der Waals surface area contributed by atoms with Crippen molar-refractivity contribution >= 4 is 38.5 Å². The van der Waals surface area contributed by atoms with E-state index in [-0.39, 0.29) is 6.04 Å². The maximum absolute atomic E-state index is 6.03. The van der Waals surface area contributed by atoms with Gasteiger partial charge in [-0.1, -0.05) is 18.6 Å². The van der Waals surface area contributed by atoms with Crippen LogP contribution in [0.1, 0.15) is 31.5 Å². The molecule has 18 heavy (non-hydrogen) atoms. The van der Waals surface area contributed by atoms with Crippen LogP contribution >= 0.6 is 38.5 Å². The Morgan fingerprint density at radius 2 is 2.28 bits per heavy atom. The number of benzene rings is 1. The first kappa shape index (κ1) is 14.0. The Morgan fingerprint density at radius 1 is 1.50 bits per heavy atom. The topological polar surface area (TPSA) is 56.7 Å². The second-order valence-corrected chi connectivity index (χ2v) is 6.10. The molecule has 0 spiro atoms. The van der Waals surface area contributed by atoms with Crippen LogP contribution in [0.25, 0.3) is 5.69 Å². The summed E-state index contributed by atoms with van der Waals surface area (Å²) in [5, 5.41) is 8.27. The van der Waals surface area contributed by atoms with E-state index in [4.69, 9.17) is 5.73 Å². The molecule has 6 heteroatoms. The number of nitrogens with two attached hydrogens (primary N) is 1. The molecule has 2 rings (SSSR count). The second kappa shape index (κ2) is 6.12. The summed E-state index contributed by atoms with van der Waals surface area (Å²) < 4.78 is 3.98. The van der Waals surface area contributed by atoms with Crippen molar-refractivity contribution in [1.29, 1.82) is 0 Å². The second-order valence-electron chi connectivity index (χ2n) is 4.08. The molecule has 1 unspecified atom stereocenters. The number of rotatable bonds is 4. The van der Waals surface area contributed by atoms with Gasteiger partial charge >= 0.3 is 0 Å². The fourth-order valence-electron chi connectivity index (χ4n) is 1.66. The van der Waals surface area contributed by atoms with Gasteiger partial charge in [-0.2, -0.15) is 0 Å². The lowest BCUT2D eigenvalue weighted by molar-refractivity contribution is 0.619. The highest BCUT2D eigenvalue weighted by Crippen LogP contribution is 2.22. The molecule has 0 amide bonds. The fraction of sp³-hybridized carbons (Fsp3) is 0.333. The van der Waals surface area contributed by atoms with Gasteiger partial charge in [-0.25, -0.2) is 4.68 Å². The summed E-state index contributed by atoms with van der Waals surface area (Å²) in [6, 6.07) is 6.02. The molecule has 0 aliphatic rings. The average Bonchev–Trinajstić information content (AvgIpc) is 2.82. The van der Waals surface area contributed by atoms with Crippen LogP contribution in [-0.4, -0.2) is 15.0 Å². The third-order valence-corrected chi connectivity index (χ3v) is 4.98. The van der Waals surface area contributed by atoms with E-state index in [1.54, 1.807) is 4.68 Å². The van der Waals surface area contributed by atoms with Crippen molar-refractivity contribution in [2.45, 2.75) is 25.8 Å². The third kappa shape index (κ3) is 3.10. The highest BCUT2D eigenvalue weighted by Gasteiger charge is 2.10. The number of hydrogen-bond acceptors (Lipinski definition) is 3. The van der Waals surface area contributed by atoms with Gasteiger partial charge in [0.2, 0.25) is 0 Å². The molecule has 0 fully saturated rings. The molecular formula is C12H14BrIN4. The average molecular weight is 421 g/mol. The van der Waals surface area contributed by atoms with Crippen molar-refractivity contribution in [2.75, 3.05) is 0 Å². The lowest BCUT2D eigenvalue weighted by Crippen LogP contribution is -2.10. The zero-order chi connectivity index (χ0) is 13.1. The minimum absolute atomic E-state index is 0.0294. The quantitative estimate of drug-likeness (QED) is 0.771. The minimum atomic E-state index is -0.0294. The number of nitrogens with zero attached hydrogens (tertiary/aromatic N) is 3. The summed E-state index contributed by atoms with van der Waals surface area (Å²) in [5.74, 6) is 0. The van der Waals surface area contributed by atoms with Gasteiger partial charge < -0.3 is 5.73 Å². The lowest BCUT2D eigenvalue weighted by atomic mass is 10.1. The van der Waals surface area contributed by atoms with Crippen molar-refractivity contribution in [3.63, 3.8) is 0 Å².